The van der Waals surface area contributed by atoms with Crippen LogP contribution in [0, 0.1) is 29.1 Å². The van der Waals surface area contributed by atoms with Crippen molar-refractivity contribution in [3.8, 4) is 0 Å². The van der Waals surface area contributed by atoms with E-state index in [2.05, 4.69) is 35.1 Å². The highest BCUT2D eigenvalue weighted by atomic mass is 16.6. The van der Waals surface area contributed by atoms with Crippen molar-refractivity contribution in [1.29, 1.82) is 0 Å². The minimum absolute atomic E-state index is 0.0768. The van der Waals surface area contributed by atoms with Gasteiger partial charge in [0.15, 0.2) is 0 Å². The third kappa shape index (κ3) is 8.76. The van der Waals surface area contributed by atoms with Gasteiger partial charge in [0.05, 0.1) is 12.6 Å². The number of hydrogen-bond acceptors (Lipinski definition) is 7. The van der Waals surface area contributed by atoms with Crippen LogP contribution in [0.1, 0.15) is 99.3 Å². The molecule has 1 aliphatic heterocycles. The summed E-state index contributed by atoms with van der Waals surface area (Å²) in [5.41, 5.74) is -0.910. The molecule has 0 aromatic heterocycles. The maximum atomic E-state index is 14.2. The van der Waals surface area contributed by atoms with Crippen molar-refractivity contribution >= 4 is 35.5 Å². The predicted octanol–water partition coefficient (Wildman–Crippen LogP) is 2.44. The summed E-state index contributed by atoms with van der Waals surface area (Å²) in [5, 5.41) is 10.8. The van der Waals surface area contributed by atoms with Crippen LogP contribution in [0.2, 0.25) is 0 Å². The second kappa shape index (κ2) is 14.1. The van der Waals surface area contributed by atoms with Gasteiger partial charge in [-0.2, -0.15) is 0 Å². The summed E-state index contributed by atoms with van der Waals surface area (Å²) in [6.07, 6.45) is 6.80. The Labute approximate surface area is 266 Å². The molecule has 3 aliphatic carbocycles. The minimum Gasteiger partial charge on any atom is -0.444 e. The first-order valence-corrected chi connectivity index (χ1v) is 16.8. The lowest BCUT2D eigenvalue weighted by atomic mass is 9.83. The van der Waals surface area contributed by atoms with Crippen LogP contribution < -0.4 is 21.3 Å². The number of hydrogen-bond donors (Lipinski definition) is 4. The summed E-state index contributed by atoms with van der Waals surface area (Å²) in [5.74, 6) is -2.53. The van der Waals surface area contributed by atoms with Crippen LogP contribution in [0.5, 0.6) is 0 Å². The van der Waals surface area contributed by atoms with Crippen LogP contribution in [-0.2, 0) is 28.7 Å². The van der Waals surface area contributed by atoms with Crippen LogP contribution in [0.25, 0.3) is 0 Å². The van der Waals surface area contributed by atoms with E-state index in [0.29, 0.717) is 25.4 Å². The first kappa shape index (κ1) is 34.7. The molecule has 1 heterocycles. The van der Waals surface area contributed by atoms with Crippen molar-refractivity contribution < 1.29 is 33.5 Å². The number of Topliss-reactive ketones (excluding diaryl/α,β-unsaturated/α-hetero) is 1. The van der Waals surface area contributed by atoms with Gasteiger partial charge in [0.1, 0.15) is 17.7 Å². The molecule has 0 radical (unpaired) electrons. The molecule has 1 unspecified atom stereocenters. The van der Waals surface area contributed by atoms with Crippen molar-refractivity contribution in [2.75, 3.05) is 19.6 Å². The predicted molar refractivity (Wildman–Crippen MR) is 167 cm³/mol. The van der Waals surface area contributed by atoms with E-state index in [9.17, 15) is 28.8 Å². The van der Waals surface area contributed by atoms with Crippen LogP contribution in [0.3, 0.4) is 0 Å². The second-order valence-corrected chi connectivity index (χ2v) is 15.1. The van der Waals surface area contributed by atoms with Gasteiger partial charge >= 0.3 is 6.09 Å². The van der Waals surface area contributed by atoms with E-state index < -0.39 is 47.4 Å². The average molecular weight is 632 g/mol. The number of carbonyl (C=O) groups excluding carboxylic acids is 6. The molecule has 0 bridgehead atoms. The van der Waals surface area contributed by atoms with Crippen molar-refractivity contribution in [2.24, 2.45) is 29.1 Å². The molecule has 4 rings (SSSR count). The lowest BCUT2D eigenvalue weighted by molar-refractivity contribution is -0.145. The van der Waals surface area contributed by atoms with Crippen molar-refractivity contribution in [1.82, 2.24) is 26.2 Å². The number of alkyl carbamates (subject to hydrolysis) is 1. The van der Waals surface area contributed by atoms with Crippen molar-refractivity contribution in [2.45, 2.75) is 123 Å². The van der Waals surface area contributed by atoms with Crippen LogP contribution in [0.4, 0.5) is 4.79 Å². The topological polar surface area (TPSA) is 163 Å². The van der Waals surface area contributed by atoms with Crippen LogP contribution in [-0.4, -0.2) is 83.8 Å². The van der Waals surface area contributed by atoms with E-state index in [1.54, 1.807) is 25.7 Å². The summed E-state index contributed by atoms with van der Waals surface area (Å²) in [6.45, 7) is 11.9. The highest BCUT2D eigenvalue weighted by molar-refractivity contribution is 6.38. The molecule has 0 aromatic carbocycles. The molecule has 45 heavy (non-hydrogen) atoms. The Bertz CT molecular complexity index is 1150. The maximum absolute atomic E-state index is 14.2. The molecular weight excluding hydrogens is 578 g/mol. The van der Waals surface area contributed by atoms with Gasteiger partial charge in [0.25, 0.3) is 5.91 Å². The minimum atomic E-state index is -1.09. The molecule has 5 atom stereocenters. The molecule has 0 aromatic rings. The molecular formula is C33H53N5O7. The van der Waals surface area contributed by atoms with Gasteiger partial charge < -0.3 is 30.9 Å². The number of likely N-dealkylation sites (tertiary alicyclic amines) is 1. The maximum Gasteiger partial charge on any atom is 0.408 e. The number of piperidine rings is 1. The summed E-state index contributed by atoms with van der Waals surface area (Å²) < 4.78 is 5.50. The standard InChI is InChI=1S/C33H53N5O7/c1-7-11-22(27(40)29(42)35-17-23(39)34-16-19-14-15-19)36-28(41)26-24-21(33(24,5)6)18-38(26)30(43)25(20-12-9-8-10-13-20)37-31(44)45-32(2,3)4/h19-22,24-26H,7-18H2,1-6H3,(H,34,39)(H,35,42)(H,36,41)(H,37,44)/t21-,22?,24-,25-,26-/m0/s1. The summed E-state index contributed by atoms with van der Waals surface area (Å²) in [4.78, 5) is 80.6. The van der Waals surface area contributed by atoms with Crippen molar-refractivity contribution in [3.63, 3.8) is 0 Å². The zero-order valence-electron chi connectivity index (χ0n) is 27.8. The van der Waals surface area contributed by atoms with E-state index in [-0.39, 0.29) is 47.9 Å². The van der Waals surface area contributed by atoms with Gasteiger partial charge in [-0.05, 0) is 82.0 Å². The number of ketones is 1. The zero-order valence-corrected chi connectivity index (χ0v) is 27.8. The molecule has 4 N–H and O–H groups in total. The SMILES string of the molecule is CCCC(NC(=O)[C@@H]1[C@@H]2[C@H](CN1C(=O)[C@@H](NC(=O)OC(C)(C)C)C1CCCCC1)C2(C)C)C(=O)C(=O)NCC(=O)NCC1CC1. The van der Waals surface area contributed by atoms with Gasteiger partial charge in [-0.15, -0.1) is 0 Å². The van der Waals surface area contributed by atoms with Gasteiger partial charge in [-0.1, -0.05) is 46.5 Å². The first-order valence-electron chi connectivity index (χ1n) is 16.8. The van der Waals surface area contributed by atoms with Crippen LogP contribution in [0.15, 0.2) is 0 Å². The largest absolute Gasteiger partial charge is 0.444 e. The molecule has 252 valence electrons. The number of ether oxygens (including phenoxy) is 1. The molecule has 5 amide bonds. The Balaban J connectivity index is 1.46. The Morgan fingerprint density at radius 3 is 2.20 bits per heavy atom. The Morgan fingerprint density at radius 1 is 0.933 bits per heavy atom. The molecule has 12 nitrogen and oxygen atoms in total. The fourth-order valence-electron chi connectivity index (χ4n) is 7.14. The molecule has 3 saturated carbocycles. The monoisotopic (exact) mass is 631 g/mol. The Kier molecular flexibility index (Phi) is 10.8. The van der Waals surface area contributed by atoms with E-state index in [0.717, 1.165) is 44.9 Å². The average Bonchev–Trinajstić information content (AvgIpc) is 3.84. The smallest absolute Gasteiger partial charge is 0.408 e. The first-order chi connectivity index (χ1) is 21.1. The quantitative estimate of drug-likeness (QED) is 0.227. The fourth-order valence-corrected chi connectivity index (χ4v) is 7.14. The Morgan fingerprint density at radius 2 is 1.60 bits per heavy atom. The lowest BCUT2D eigenvalue weighted by Crippen LogP contribution is -2.60. The van der Waals surface area contributed by atoms with Gasteiger partial charge in [0, 0.05) is 13.1 Å². The fraction of sp³-hybridized carbons (Fsp3) is 0.818. The summed E-state index contributed by atoms with van der Waals surface area (Å²) >= 11 is 0. The third-order valence-corrected chi connectivity index (χ3v) is 9.95. The van der Waals surface area contributed by atoms with Crippen LogP contribution >= 0.6 is 0 Å². The van der Waals surface area contributed by atoms with Gasteiger partial charge in [-0.3, -0.25) is 24.0 Å². The lowest BCUT2D eigenvalue weighted by Gasteiger charge is -2.37. The Hall–Kier alpha value is -3.18. The van der Waals surface area contributed by atoms with Crippen molar-refractivity contribution in [3.05, 3.63) is 0 Å². The molecule has 1 saturated heterocycles. The number of nitrogens with zero attached hydrogens (tertiary/aromatic N) is 1. The highest BCUT2D eigenvalue weighted by Gasteiger charge is 2.69. The van der Waals surface area contributed by atoms with E-state index >= 15 is 0 Å². The zero-order chi connectivity index (χ0) is 33.1. The summed E-state index contributed by atoms with van der Waals surface area (Å²) in [6, 6.07) is -2.77. The molecule has 0 spiro atoms. The number of carbonyl (C=O) groups is 6. The van der Waals surface area contributed by atoms with Gasteiger partial charge in [0.2, 0.25) is 23.5 Å². The molecule has 4 aliphatic rings. The third-order valence-electron chi connectivity index (χ3n) is 9.95. The summed E-state index contributed by atoms with van der Waals surface area (Å²) in [7, 11) is 0. The molecule has 4 fully saturated rings. The van der Waals surface area contributed by atoms with Gasteiger partial charge in [-0.25, -0.2) is 4.79 Å². The number of amides is 5. The normalized spacial score (nSPS) is 25.3. The number of nitrogens with one attached hydrogen (secondary N) is 4. The number of rotatable bonds is 13. The number of fused-ring (bicyclic) bond motifs is 1. The van der Waals surface area contributed by atoms with E-state index in [1.807, 2.05) is 6.92 Å². The highest BCUT2D eigenvalue weighted by Crippen LogP contribution is 2.65. The molecule has 12 heteroatoms. The van der Waals surface area contributed by atoms with E-state index in [1.165, 1.54) is 0 Å². The second-order valence-electron chi connectivity index (χ2n) is 15.1. The van der Waals surface area contributed by atoms with E-state index in [4.69, 9.17) is 4.74 Å².